The van der Waals surface area contributed by atoms with Gasteiger partial charge in [0.1, 0.15) is 22.3 Å². The van der Waals surface area contributed by atoms with Gasteiger partial charge in [0.05, 0.1) is 5.69 Å². The molecule has 0 spiro atoms. The van der Waals surface area contributed by atoms with E-state index in [4.69, 9.17) is 8.83 Å². The van der Waals surface area contributed by atoms with E-state index in [1.54, 1.807) is 0 Å². The van der Waals surface area contributed by atoms with E-state index in [1.807, 2.05) is 0 Å². The van der Waals surface area contributed by atoms with Crippen molar-refractivity contribution in [3.05, 3.63) is 232 Å². The van der Waals surface area contributed by atoms with Crippen LogP contribution in [0.25, 0.3) is 99.5 Å². The minimum atomic E-state index is -0.361. The summed E-state index contributed by atoms with van der Waals surface area (Å²) in [4.78, 5) is 2.61. The second-order valence-electron chi connectivity index (χ2n) is 25.9. The molecule has 0 amide bonds. The molecule has 78 heavy (non-hydrogen) atoms. The van der Waals surface area contributed by atoms with Gasteiger partial charge in [-0.05, 0) is 137 Å². The molecule has 0 N–H and O–H groups in total. The van der Waals surface area contributed by atoms with Gasteiger partial charge in [-0.1, -0.05) is 203 Å². The number of fused-ring (bicyclic) bond motifs is 27. The second kappa shape index (κ2) is 14.2. The first-order valence-electron chi connectivity index (χ1n) is 28.1. The molecule has 0 saturated heterocycles. The first-order chi connectivity index (χ1) is 37.5. The lowest BCUT2D eigenvalue weighted by Gasteiger charge is -2.33. The van der Waals surface area contributed by atoms with Gasteiger partial charge in [-0.25, -0.2) is 0 Å². The number of hydrogen-bond donors (Lipinski definition) is 0. The Labute approximate surface area is 455 Å². The molecule has 3 nitrogen and oxygen atoms in total. The van der Waals surface area contributed by atoms with Crippen molar-refractivity contribution in [1.29, 1.82) is 0 Å². The fourth-order valence-electron chi connectivity index (χ4n) is 16.7. The van der Waals surface area contributed by atoms with Gasteiger partial charge >= 0.3 is 0 Å². The van der Waals surface area contributed by atoms with E-state index in [-0.39, 0.29) is 27.1 Å². The Balaban J connectivity index is 0.937. The topological polar surface area (TPSA) is 29.5 Å². The van der Waals surface area contributed by atoms with Gasteiger partial charge in [-0.15, -0.1) is 0 Å². The van der Waals surface area contributed by atoms with Crippen molar-refractivity contribution in [3.63, 3.8) is 0 Å². The molecule has 376 valence electrons. The summed E-state index contributed by atoms with van der Waals surface area (Å²) in [5.41, 5.74) is 32.6. The van der Waals surface area contributed by atoms with Crippen molar-refractivity contribution in [1.82, 2.24) is 0 Å². The molecule has 3 heteroatoms. The van der Waals surface area contributed by atoms with E-state index < -0.39 is 0 Å². The number of nitrogens with zero attached hydrogens (tertiary/aromatic N) is 1. The summed E-state index contributed by atoms with van der Waals surface area (Å²) >= 11 is 0. The van der Waals surface area contributed by atoms with E-state index >= 15 is 0 Å². The normalized spacial score (nSPS) is 17.1. The summed E-state index contributed by atoms with van der Waals surface area (Å²) in [5, 5.41) is 4.79. The Bertz CT molecular complexity index is 4520. The van der Waals surface area contributed by atoms with Gasteiger partial charge in [0.15, 0.2) is 0 Å². The first kappa shape index (κ1) is 44.7. The number of benzene rings is 10. The van der Waals surface area contributed by atoms with E-state index in [0.29, 0.717) is 0 Å². The average molecular weight is 1010 g/mol. The molecule has 2 heterocycles. The van der Waals surface area contributed by atoms with E-state index in [9.17, 15) is 0 Å². The largest absolute Gasteiger partial charge is 0.455 e. The minimum absolute atomic E-state index is 0.177. The Kier molecular flexibility index (Phi) is 8.14. The molecule has 17 rings (SSSR count). The predicted octanol–water partition coefficient (Wildman–Crippen LogP) is 20.5. The zero-order valence-corrected chi connectivity index (χ0v) is 46.0. The maximum atomic E-state index is 7.08. The molecule has 0 fully saturated rings. The summed E-state index contributed by atoms with van der Waals surface area (Å²) in [7, 11) is 0. The van der Waals surface area contributed by atoms with Crippen LogP contribution >= 0.6 is 0 Å². The third-order valence-corrected chi connectivity index (χ3v) is 20.1. The number of furan rings is 2. The molecular formula is C75H59NO2. The van der Waals surface area contributed by atoms with Crippen molar-refractivity contribution in [3.8, 4) is 55.6 Å². The molecule has 0 unspecified atom stereocenters. The second-order valence-corrected chi connectivity index (χ2v) is 25.9. The Morgan fingerprint density at radius 3 is 1.13 bits per heavy atom. The Morgan fingerprint density at radius 2 is 0.654 bits per heavy atom. The van der Waals surface area contributed by atoms with E-state index in [1.165, 1.54) is 139 Å². The molecule has 2 aromatic heterocycles. The number of anilines is 3. The molecule has 0 bridgehead atoms. The molecule has 0 aliphatic heterocycles. The van der Waals surface area contributed by atoms with Gasteiger partial charge < -0.3 is 13.7 Å². The van der Waals surface area contributed by atoms with Crippen LogP contribution in [0.3, 0.4) is 0 Å². The average Bonchev–Trinajstić information content (AvgIpc) is 3.14. The lowest BCUT2D eigenvalue weighted by atomic mass is 9.72. The van der Waals surface area contributed by atoms with Crippen LogP contribution in [0.1, 0.15) is 125 Å². The predicted molar refractivity (Wildman–Crippen MR) is 324 cm³/mol. The Hall–Kier alpha value is -8.40. The summed E-state index contributed by atoms with van der Waals surface area (Å²) in [6.07, 6.45) is 0. The van der Waals surface area contributed by atoms with Crippen molar-refractivity contribution >= 4 is 60.9 Å². The van der Waals surface area contributed by atoms with Crippen LogP contribution in [-0.2, 0) is 27.1 Å². The van der Waals surface area contributed by atoms with Gasteiger partial charge in [0, 0.05) is 76.7 Å². The van der Waals surface area contributed by atoms with Crippen molar-refractivity contribution in [2.75, 3.05) is 4.90 Å². The van der Waals surface area contributed by atoms with Crippen molar-refractivity contribution < 1.29 is 8.83 Å². The highest BCUT2D eigenvalue weighted by Gasteiger charge is 2.51. The van der Waals surface area contributed by atoms with Gasteiger partial charge in [-0.3, -0.25) is 0 Å². The third kappa shape index (κ3) is 5.09. The van der Waals surface area contributed by atoms with Crippen molar-refractivity contribution in [2.45, 2.75) is 96.3 Å². The fraction of sp³-hybridized carbons (Fsp3) is 0.200. The zero-order valence-electron chi connectivity index (χ0n) is 46.0. The smallest absolute Gasteiger partial charge is 0.144 e. The van der Waals surface area contributed by atoms with Crippen molar-refractivity contribution in [2.24, 2.45) is 0 Å². The fourth-order valence-corrected chi connectivity index (χ4v) is 16.7. The van der Waals surface area contributed by atoms with Gasteiger partial charge in [0.25, 0.3) is 0 Å². The van der Waals surface area contributed by atoms with Gasteiger partial charge in [-0.2, -0.15) is 0 Å². The van der Waals surface area contributed by atoms with Crippen LogP contribution in [-0.4, -0.2) is 0 Å². The number of hydrogen-bond acceptors (Lipinski definition) is 3. The third-order valence-electron chi connectivity index (χ3n) is 20.1. The summed E-state index contributed by atoms with van der Waals surface area (Å²) < 4.78 is 14.2. The lowest BCUT2D eigenvalue weighted by Crippen LogP contribution is -2.24. The zero-order chi connectivity index (χ0) is 52.9. The Morgan fingerprint density at radius 1 is 0.295 bits per heavy atom. The van der Waals surface area contributed by atoms with Crippen LogP contribution in [0.5, 0.6) is 0 Å². The maximum absolute atomic E-state index is 7.08. The van der Waals surface area contributed by atoms with E-state index in [2.05, 4.69) is 250 Å². The highest BCUT2D eigenvalue weighted by Crippen LogP contribution is 2.66. The molecule has 12 aromatic rings. The van der Waals surface area contributed by atoms with Crippen LogP contribution in [0.15, 0.2) is 185 Å². The van der Waals surface area contributed by atoms with E-state index in [0.717, 1.165) is 33.7 Å². The summed E-state index contributed by atoms with van der Waals surface area (Å²) in [6.45, 7) is 24.4. The highest BCUT2D eigenvalue weighted by atomic mass is 16.3. The van der Waals surface area contributed by atoms with Crippen LogP contribution < -0.4 is 4.90 Å². The van der Waals surface area contributed by atoms with Crippen LogP contribution in [0.4, 0.5) is 17.1 Å². The first-order valence-corrected chi connectivity index (χ1v) is 28.1. The molecule has 5 aliphatic rings. The summed E-state index contributed by atoms with van der Waals surface area (Å²) in [5.74, 6) is 0. The molecule has 0 atom stereocenters. The molecule has 0 radical (unpaired) electrons. The summed E-state index contributed by atoms with van der Waals surface area (Å²) in [6, 6.07) is 66.4. The molecule has 5 aliphatic carbocycles. The number of para-hydroxylation sites is 2. The lowest BCUT2D eigenvalue weighted by molar-refractivity contribution is 0.600. The van der Waals surface area contributed by atoms with Crippen LogP contribution in [0, 0.1) is 0 Å². The number of rotatable bonds is 3. The minimum Gasteiger partial charge on any atom is -0.455 e. The quantitative estimate of drug-likeness (QED) is 0.177. The SMILES string of the molecule is CC1(C)c2ccccc2-c2c(N(c3ccc4c(c3)C(C)(C)c3c5c(c6oc7ccccc7c6c3-4)-c3ccccc3C5(C)C)c3ccc4c(c3)C(C)(C)c3c5c(c6oc7ccccc7c6c3-4)-c3ccccc3C5(C)C)cccc21. The van der Waals surface area contributed by atoms with Crippen LogP contribution in [0.2, 0.25) is 0 Å². The molecule has 0 saturated carbocycles. The monoisotopic (exact) mass is 1010 g/mol. The maximum Gasteiger partial charge on any atom is 0.144 e. The van der Waals surface area contributed by atoms with Gasteiger partial charge in [0.2, 0.25) is 0 Å². The molecular weight excluding hydrogens is 947 g/mol. The molecule has 10 aromatic carbocycles. The highest BCUT2D eigenvalue weighted by molar-refractivity contribution is 6.22. The standard InChI is InChI=1S/C75H59NO2/c1-71(2)49-27-16-11-22-42(49)58-52(71)30-21-31-55(58)76(40-34-36-45-53(38-40)74(7,8)65-59(45)61-47-25-14-19-32-56(47)77-69(61)63-43-23-12-17-28-50(43)72(3,4)67(63)65)41-35-37-46-54(39-41)75(9,10)66-60(46)62-48-26-15-20-33-57(48)78-70(62)64-44-24-13-18-29-51(44)73(5,6)68(64)66/h11-39H,1-10H3.